The second-order valence-corrected chi connectivity index (χ2v) is 6.52. The molecule has 0 unspecified atom stereocenters. The van der Waals surface area contributed by atoms with E-state index in [-0.39, 0.29) is 16.9 Å². The van der Waals surface area contributed by atoms with Crippen LogP contribution >= 0.6 is 11.8 Å². The van der Waals surface area contributed by atoms with Crippen LogP contribution in [0.3, 0.4) is 0 Å². The number of anilines is 1. The fourth-order valence-electron chi connectivity index (χ4n) is 2.08. The molecule has 0 aliphatic heterocycles. The quantitative estimate of drug-likeness (QED) is 0.293. The minimum atomic E-state index is -4.51. The Morgan fingerprint density at radius 2 is 1.54 bits per heavy atom. The molecule has 2 rings (SSSR count). The number of hydrogen-bond acceptors (Lipinski definition) is 3. The van der Waals surface area contributed by atoms with Crippen LogP contribution in [-0.4, -0.2) is 12.0 Å². The number of benzene rings is 2. The number of hydrogen-bond donors (Lipinski definition) is 1. The summed E-state index contributed by atoms with van der Waals surface area (Å²) in [6.07, 6.45) is -7.75. The highest BCUT2D eigenvalue weighted by molar-refractivity contribution is 7.99. The summed E-state index contributed by atoms with van der Waals surface area (Å²) in [5.74, 6) is 0.534. The number of nitrogens with two attached hydrogens (primary N) is 1. The standard InChI is InChI=1S/C17H14F6N2S/c1-2-26-15-8-12(17(21,22)23)5-6-14(15)25-9-10-3-4-11(7-13(10)24)16(18,19)20/h3-9H,2,24H2,1H3. The molecule has 0 saturated carbocycles. The summed E-state index contributed by atoms with van der Waals surface area (Å²) >= 11 is 1.18. The van der Waals surface area contributed by atoms with E-state index in [0.717, 1.165) is 24.3 Å². The summed E-state index contributed by atoms with van der Waals surface area (Å²) in [6.45, 7) is 1.78. The summed E-state index contributed by atoms with van der Waals surface area (Å²) in [4.78, 5) is 4.42. The maximum atomic E-state index is 12.8. The first-order chi connectivity index (χ1) is 12.0. The van der Waals surface area contributed by atoms with E-state index in [9.17, 15) is 26.3 Å². The van der Waals surface area contributed by atoms with Crippen molar-refractivity contribution in [2.24, 2.45) is 4.99 Å². The summed E-state index contributed by atoms with van der Waals surface area (Å²) in [5, 5.41) is 0. The van der Waals surface area contributed by atoms with Gasteiger partial charge in [0.2, 0.25) is 0 Å². The van der Waals surface area contributed by atoms with Crippen molar-refractivity contribution in [3.05, 3.63) is 53.1 Å². The zero-order valence-corrected chi connectivity index (χ0v) is 14.3. The van der Waals surface area contributed by atoms with E-state index in [1.807, 2.05) is 0 Å². The van der Waals surface area contributed by atoms with Gasteiger partial charge >= 0.3 is 12.4 Å². The van der Waals surface area contributed by atoms with Crippen molar-refractivity contribution in [3.8, 4) is 0 Å². The van der Waals surface area contributed by atoms with Gasteiger partial charge in [-0.05, 0) is 36.1 Å². The van der Waals surface area contributed by atoms with Crippen LogP contribution in [0.5, 0.6) is 0 Å². The highest BCUT2D eigenvalue weighted by Crippen LogP contribution is 2.37. The van der Waals surface area contributed by atoms with Gasteiger partial charge in [-0.3, -0.25) is 4.99 Å². The molecule has 2 nitrogen and oxygen atoms in total. The normalized spacial score (nSPS) is 12.7. The van der Waals surface area contributed by atoms with Gasteiger partial charge in [-0.15, -0.1) is 11.8 Å². The molecule has 0 radical (unpaired) electrons. The Morgan fingerprint density at radius 1 is 0.962 bits per heavy atom. The molecule has 0 amide bonds. The van der Waals surface area contributed by atoms with Crippen molar-refractivity contribution < 1.29 is 26.3 Å². The highest BCUT2D eigenvalue weighted by Gasteiger charge is 2.31. The topological polar surface area (TPSA) is 38.4 Å². The third-order valence-corrected chi connectivity index (χ3v) is 4.27. The van der Waals surface area contributed by atoms with Crippen molar-refractivity contribution in [1.29, 1.82) is 0 Å². The Hall–Kier alpha value is -2.16. The van der Waals surface area contributed by atoms with Gasteiger partial charge in [-0.1, -0.05) is 13.0 Å². The number of halogens is 6. The highest BCUT2D eigenvalue weighted by atomic mass is 32.2. The van der Waals surface area contributed by atoms with Crippen molar-refractivity contribution in [3.63, 3.8) is 0 Å². The lowest BCUT2D eigenvalue weighted by atomic mass is 10.1. The van der Waals surface area contributed by atoms with E-state index in [1.54, 1.807) is 6.92 Å². The van der Waals surface area contributed by atoms with Crippen molar-refractivity contribution in [1.82, 2.24) is 0 Å². The second kappa shape index (κ2) is 7.61. The lowest BCUT2D eigenvalue weighted by Crippen LogP contribution is -2.06. The molecule has 0 aliphatic carbocycles. The van der Waals surface area contributed by atoms with Gasteiger partial charge in [-0.2, -0.15) is 26.3 Å². The average Bonchev–Trinajstić information content (AvgIpc) is 2.53. The molecule has 9 heteroatoms. The van der Waals surface area contributed by atoms with Crippen molar-refractivity contribution >= 4 is 29.4 Å². The molecule has 26 heavy (non-hydrogen) atoms. The van der Waals surface area contributed by atoms with Crippen LogP contribution < -0.4 is 5.73 Å². The van der Waals surface area contributed by atoms with Crippen LogP contribution in [0.4, 0.5) is 37.7 Å². The maximum absolute atomic E-state index is 12.8. The Kier molecular flexibility index (Phi) is 5.90. The van der Waals surface area contributed by atoms with E-state index in [1.165, 1.54) is 30.1 Å². The summed E-state index contributed by atoms with van der Waals surface area (Å²) in [7, 11) is 0. The van der Waals surface area contributed by atoms with Crippen LogP contribution in [0.25, 0.3) is 0 Å². The first kappa shape index (κ1) is 20.2. The van der Waals surface area contributed by atoms with Crippen LogP contribution in [-0.2, 0) is 12.4 Å². The first-order valence-electron chi connectivity index (χ1n) is 7.37. The van der Waals surface area contributed by atoms with E-state index >= 15 is 0 Å². The van der Waals surface area contributed by atoms with E-state index in [2.05, 4.69) is 4.99 Å². The molecule has 0 atom stereocenters. The monoisotopic (exact) mass is 392 g/mol. The molecule has 2 aromatic carbocycles. The molecule has 2 aromatic rings. The van der Waals surface area contributed by atoms with Crippen LogP contribution in [0.1, 0.15) is 23.6 Å². The Labute approximate surface area is 150 Å². The number of rotatable bonds is 4. The predicted molar refractivity (Wildman–Crippen MR) is 91.0 cm³/mol. The number of aliphatic imine (C=N–C) groups is 1. The van der Waals surface area contributed by atoms with Gasteiger partial charge in [0.15, 0.2) is 0 Å². The zero-order chi connectivity index (χ0) is 19.5. The van der Waals surface area contributed by atoms with Crippen LogP contribution in [0.2, 0.25) is 0 Å². The lowest BCUT2D eigenvalue weighted by molar-refractivity contribution is -0.138. The molecular weight excluding hydrogens is 378 g/mol. The van der Waals surface area contributed by atoms with Gasteiger partial charge < -0.3 is 5.73 Å². The molecule has 140 valence electrons. The molecule has 0 spiro atoms. The van der Waals surface area contributed by atoms with Gasteiger partial charge in [0.25, 0.3) is 0 Å². The fourth-order valence-corrected chi connectivity index (χ4v) is 2.87. The van der Waals surface area contributed by atoms with Crippen molar-refractivity contribution in [2.75, 3.05) is 11.5 Å². The second-order valence-electron chi connectivity index (χ2n) is 5.21. The molecule has 2 N–H and O–H groups in total. The van der Waals surface area contributed by atoms with Crippen LogP contribution in [0, 0.1) is 0 Å². The molecule has 0 heterocycles. The smallest absolute Gasteiger partial charge is 0.398 e. The zero-order valence-electron chi connectivity index (χ0n) is 13.4. The molecule has 0 aliphatic rings. The first-order valence-corrected chi connectivity index (χ1v) is 8.35. The fraction of sp³-hybridized carbons (Fsp3) is 0.235. The van der Waals surface area contributed by atoms with Gasteiger partial charge in [0.05, 0.1) is 16.8 Å². The number of alkyl halides is 6. The van der Waals surface area contributed by atoms with Gasteiger partial charge in [0, 0.05) is 22.4 Å². The molecule has 0 bridgehead atoms. The predicted octanol–water partition coefficient (Wildman–Crippen LogP) is 6.17. The Bertz CT molecular complexity index is 812. The molecular formula is C17H14F6N2S. The SMILES string of the molecule is CCSc1cc(C(F)(F)F)ccc1N=Cc1ccc(C(F)(F)F)cc1N. The minimum absolute atomic E-state index is 0.125. The van der Waals surface area contributed by atoms with E-state index in [0.29, 0.717) is 10.6 Å². The number of nitrogen functional groups attached to an aromatic ring is 1. The third-order valence-electron chi connectivity index (χ3n) is 3.34. The molecule has 0 aromatic heterocycles. The largest absolute Gasteiger partial charge is 0.416 e. The van der Waals surface area contributed by atoms with Crippen molar-refractivity contribution in [2.45, 2.75) is 24.2 Å². The van der Waals surface area contributed by atoms with Gasteiger partial charge in [0.1, 0.15) is 0 Å². The van der Waals surface area contributed by atoms with Crippen LogP contribution in [0.15, 0.2) is 46.3 Å². The van der Waals surface area contributed by atoms with E-state index < -0.39 is 23.5 Å². The number of nitrogens with zero attached hydrogens (tertiary/aromatic N) is 1. The molecule has 0 saturated heterocycles. The lowest BCUT2D eigenvalue weighted by Gasteiger charge is -2.11. The maximum Gasteiger partial charge on any atom is 0.416 e. The van der Waals surface area contributed by atoms with Gasteiger partial charge in [-0.25, -0.2) is 0 Å². The third kappa shape index (κ3) is 4.94. The summed E-state index contributed by atoms with van der Waals surface area (Å²) in [6, 6.07) is 5.94. The summed E-state index contributed by atoms with van der Waals surface area (Å²) in [5.41, 5.74) is 4.34. The Balaban J connectivity index is 2.35. The Morgan fingerprint density at radius 3 is 2.08 bits per heavy atom. The average molecular weight is 392 g/mol. The van der Waals surface area contributed by atoms with E-state index in [4.69, 9.17) is 5.73 Å². The summed E-state index contributed by atoms with van der Waals surface area (Å²) < 4.78 is 76.4. The molecule has 0 fully saturated rings. The minimum Gasteiger partial charge on any atom is -0.398 e. The number of thioether (sulfide) groups is 1.